The summed E-state index contributed by atoms with van der Waals surface area (Å²) in [5.41, 5.74) is 0. The second-order valence-corrected chi connectivity index (χ2v) is 2.27. The van der Waals surface area contributed by atoms with Crippen LogP contribution in [0.1, 0.15) is 26.7 Å². The van der Waals surface area contributed by atoms with E-state index in [9.17, 15) is 0 Å². The van der Waals surface area contributed by atoms with Gasteiger partial charge in [-0.05, 0) is 0 Å². The fraction of sp³-hybridized carbons (Fsp3) is 0.750. The summed E-state index contributed by atoms with van der Waals surface area (Å²) >= 11 is 0. The summed E-state index contributed by atoms with van der Waals surface area (Å²) in [6.07, 6.45) is 3.80. The van der Waals surface area contributed by atoms with Crippen molar-refractivity contribution in [3.8, 4) is 0 Å². The van der Waals surface area contributed by atoms with E-state index < -0.39 is 0 Å². The van der Waals surface area contributed by atoms with Crippen molar-refractivity contribution in [3.05, 3.63) is 13.3 Å². The number of ether oxygens (including phenoxy) is 1. The van der Waals surface area contributed by atoms with Crippen molar-refractivity contribution in [1.82, 2.24) is 0 Å². The monoisotopic (exact) mass is 227 g/mol. The molecule has 0 saturated heterocycles. The fourth-order valence-corrected chi connectivity index (χ4v) is 0.606. The van der Waals surface area contributed by atoms with E-state index in [4.69, 9.17) is 12.6 Å². The maximum atomic E-state index is 5.54. The molecular formula is C8H15BOY-2. The zero-order valence-corrected chi connectivity index (χ0v) is 10.3. The molecule has 0 aromatic rings. The largest absolute Gasteiger partial charge is 0.447 e. The van der Waals surface area contributed by atoms with Crippen LogP contribution in [0, 0.1) is 13.3 Å². The van der Waals surface area contributed by atoms with Crippen LogP contribution in [0.5, 0.6) is 0 Å². The van der Waals surface area contributed by atoms with Crippen LogP contribution >= 0.6 is 0 Å². The van der Waals surface area contributed by atoms with E-state index in [1.165, 1.54) is 0 Å². The van der Waals surface area contributed by atoms with Gasteiger partial charge in [0.15, 0.2) is 0 Å². The van der Waals surface area contributed by atoms with Crippen LogP contribution in [-0.2, 0) is 37.4 Å². The van der Waals surface area contributed by atoms with Crippen molar-refractivity contribution in [2.75, 3.05) is 0 Å². The van der Waals surface area contributed by atoms with Crippen molar-refractivity contribution in [2.24, 2.45) is 0 Å². The summed E-state index contributed by atoms with van der Waals surface area (Å²) in [4.78, 5) is 0. The normalized spacial score (nSPS) is 15.2. The molecule has 0 aliphatic rings. The molecule has 0 rings (SSSR count). The molecule has 0 bridgehead atoms. The third-order valence-electron chi connectivity index (χ3n) is 1.27. The minimum atomic E-state index is -0.243. The van der Waals surface area contributed by atoms with Crippen molar-refractivity contribution < 1.29 is 37.4 Å². The van der Waals surface area contributed by atoms with Crippen LogP contribution in [0.3, 0.4) is 0 Å². The Morgan fingerprint density at radius 3 is 2.45 bits per heavy atom. The van der Waals surface area contributed by atoms with Gasteiger partial charge in [0, 0.05) is 32.7 Å². The van der Waals surface area contributed by atoms with Gasteiger partial charge in [-0.3, -0.25) is 0 Å². The molecule has 0 aromatic heterocycles. The predicted octanol–water partition coefficient (Wildman–Crippen LogP) is 1.72. The molecular weight excluding hydrogens is 212 g/mol. The van der Waals surface area contributed by atoms with Gasteiger partial charge in [-0.15, -0.1) is 6.00 Å². The van der Waals surface area contributed by atoms with E-state index in [1.54, 1.807) is 0 Å². The summed E-state index contributed by atoms with van der Waals surface area (Å²) in [6, 6.07) is -0.243. The van der Waals surface area contributed by atoms with Crippen molar-refractivity contribution in [2.45, 2.75) is 38.8 Å². The molecule has 2 atom stereocenters. The van der Waals surface area contributed by atoms with Crippen LogP contribution in [0.15, 0.2) is 0 Å². The summed E-state index contributed by atoms with van der Waals surface area (Å²) in [7, 11) is 5.54. The van der Waals surface area contributed by atoms with Crippen molar-refractivity contribution >= 4 is 7.85 Å². The van der Waals surface area contributed by atoms with Gasteiger partial charge in [-0.25, -0.2) is 0 Å². The number of hydrogen-bond donors (Lipinski definition) is 0. The van der Waals surface area contributed by atoms with E-state index in [-0.39, 0.29) is 44.8 Å². The first kappa shape index (κ1) is 14.6. The summed E-state index contributed by atoms with van der Waals surface area (Å²) in [5.74, 6) is 0. The van der Waals surface area contributed by atoms with Crippen LogP contribution in [0.2, 0.25) is 0 Å². The van der Waals surface area contributed by atoms with E-state index in [0.29, 0.717) is 0 Å². The Kier molecular flexibility index (Phi) is 12.3. The van der Waals surface area contributed by atoms with Gasteiger partial charge in [0.05, 0.1) is 7.85 Å². The number of hydrogen-bond acceptors (Lipinski definition) is 1. The first-order valence-electron chi connectivity index (χ1n) is 3.78. The Balaban J connectivity index is 0. The molecule has 1 unspecified atom stereocenters. The Bertz CT molecular complexity index is 80.5. The molecule has 1 nitrogen and oxygen atoms in total. The molecule has 0 aliphatic carbocycles. The summed E-state index contributed by atoms with van der Waals surface area (Å²) in [5, 5.41) is 0. The second-order valence-electron chi connectivity index (χ2n) is 2.27. The Morgan fingerprint density at radius 1 is 1.55 bits per heavy atom. The zero-order chi connectivity index (χ0) is 7.98. The van der Waals surface area contributed by atoms with Gasteiger partial charge in [0.1, 0.15) is 0 Å². The molecule has 0 amide bonds. The van der Waals surface area contributed by atoms with E-state index in [0.717, 1.165) is 12.8 Å². The second kappa shape index (κ2) is 9.22. The Hall–Kier alpha value is 1.13. The van der Waals surface area contributed by atoms with Gasteiger partial charge in [-0.1, -0.05) is 26.4 Å². The first-order chi connectivity index (χ1) is 4.70. The third-order valence-corrected chi connectivity index (χ3v) is 1.27. The fourth-order valence-electron chi connectivity index (χ4n) is 0.606. The number of rotatable bonds is 5. The molecule has 0 N–H and O–H groups in total. The summed E-state index contributed by atoms with van der Waals surface area (Å²) in [6.45, 7) is 7.82. The molecule has 0 aliphatic heterocycles. The quantitative estimate of drug-likeness (QED) is 0.513. The Labute approximate surface area is 96.9 Å². The molecule has 11 heavy (non-hydrogen) atoms. The molecule has 0 fully saturated rings. The zero-order valence-electron chi connectivity index (χ0n) is 7.42. The van der Waals surface area contributed by atoms with Gasteiger partial charge >= 0.3 is 0 Å². The molecule has 3 radical (unpaired) electrons. The molecule has 0 heterocycles. The van der Waals surface area contributed by atoms with Crippen LogP contribution in [-0.4, -0.2) is 20.0 Å². The Morgan fingerprint density at radius 2 is 2.09 bits per heavy atom. The SMILES string of the molecule is [B][C@@H]([CH-]CC)OC([CH2-])CC.[Y]. The van der Waals surface area contributed by atoms with Gasteiger partial charge < -0.3 is 18.1 Å². The first-order valence-corrected chi connectivity index (χ1v) is 3.78. The van der Waals surface area contributed by atoms with Gasteiger partial charge in [0.2, 0.25) is 0 Å². The maximum absolute atomic E-state index is 5.54. The van der Waals surface area contributed by atoms with Crippen LogP contribution < -0.4 is 0 Å². The average molecular weight is 227 g/mol. The maximum Gasteiger partial charge on any atom is 0.0623 e. The minimum Gasteiger partial charge on any atom is -0.447 e. The van der Waals surface area contributed by atoms with E-state index >= 15 is 0 Å². The molecule has 61 valence electrons. The van der Waals surface area contributed by atoms with Crippen molar-refractivity contribution in [3.63, 3.8) is 0 Å². The molecule has 0 aromatic carbocycles. The van der Waals surface area contributed by atoms with Crippen LogP contribution in [0.4, 0.5) is 0 Å². The summed E-state index contributed by atoms with van der Waals surface area (Å²) < 4.78 is 5.25. The van der Waals surface area contributed by atoms with Crippen LogP contribution in [0.25, 0.3) is 0 Å². The van der Waals surface area contributed by atoms with E-state index in [2.05, 4.69) is 6.92 Å². The predicted molar refractivity (Wildman–Crippen MR) is 44.7 cm³/mol. The standard InChI is InChI=1S/C8H15BO.Y/c1-4-6-8(9)10-7(3)5-2;/h6-8H,3-5H2,1-2H3;/q-2;/t7?,8-;/m1./s1. The van der Waals surface area contributed by atoms with E-state index in [1.807, 2.05) is 20.3 Å². The van der Waals surface area contributed by atoms with Gasteiger partial charge in [-0.2, -0.15) is 6.42 Å². The molecule has 0 spiro atoms. The smallest absolute Gasteiger partial charge is 0.0623 e. The average Bonchev–Trinajstić information content (AvgIpc) is 1.88. The minimum absolute atomic E-state index is 0. The third kappa shape index (κ3) is 9.04. The van der Waals surface area contributed by atoms with Gasteiger partial charge in [0.25, 0.3) is 0 Å². The molecule has 0 saturated carbocycles. The topological polar surface area (TPSA) is 9.23 Å². The molecule has 3 heteroatoms. The van der Waals surface area contributed by atoms with Crippen molar-refractivity contribution in [1.29, 1.82) is 0 Å².